The van der Waals surface area contributed by atoms with Crippen molar-refractivity contribution in [1.29, 1.82) is 0 Å². The zero-order valence-electron chi connectivity index (χ0n) is 19.7. The number of hydrogen-bond acceptors (Lipinski definition) is 4. The van der Waals surface area contributed by atoms with E-state index >= 15 is 0 Å². The highest BCUT2D eigenvalue weighted by Gasteiger charge is 2.23. The van der Waals surface area contributed by atoms with Crippen LogP contribution in [0, 0.1) is 5.92 Å². The molecule has 1 saturated heterocycles. The largest absolute Gasteiger partial charge is 0.342 e. The van der Waals surface area contributed by atoms with Crippen LogP contribution >= 0.6 is 0 Å². The van der Waals surface area contributed by atoms with Crippen molar-refractivity contribution in [2.75, 3.05) is 65.4 Å². The van der Waals surface area contributed by atoms with Crippen LogP contribution < -0.4 is 5.32 Å². The van der Waals surface area contributed by atoms with Crippen LogP contribution in [0.25, 0.3) is 0 Å². The smallest absolute Gasteiger partial charge is 0.317 e. The van der Waals surface area contributed by atoms with Crippen molar-refractivity contribution in [3.05, 3.63) is 0 Å². The summed E-state index contributed by atoms with van der Waals surface area (Å²) in [6.45, 7) is 20.6. The van der Waals surface area contributed by atoms with E-state index in [0.717, 1.165) is 58.7 Å². The summed E-state index contributed by atoms with van der Waals surface area (Å²) in [5.74, 6) is 0.788. The van der Waals surface area contributed by atoms with Crippen LogP contribution in [0.2, 0.25) is 0 Å². The Morgan fingerprint density at radius 1 is 0.931 bits per heavy atom. The van der Waals surface area contributed by atoms with Crippen molar-refractivity contribution in [2.45, 2.75) is 60.4 Å². The van der Waals surface area contributed by atoms with Crippen molar-refractivity contribution in [2.24, 2.45) is 5.92 Å². The average Bonchev–Trinajstić information content (AvgIpc) is 2.92. The lowest BCUT2D eigenvalue weighted by Crippen LogP contribution is -2.49. The summed E-state index contributed by atoms with van der Waals surface area (Å²) in [5.41, 5.74) is 0. The molecule has 29 heavy (non-hydrogen) atoms. The van der Waals surface area contributed by atoms with Crippen LogP contribution in [-0.4, -0.2) is 103 Å². The second-order valence-corrected chi connectivity index (χ2v) is 8.37. The van der Waals surface area contributed by atoms with Crippen LogP contribution in [0.4, 0.5) is 4.79 Å². The number of urea groups is 1. The summed E-state index contributed by atoms with van der Waals surface area (Å²) in [6, 6.07) is 0.409. The third kappa shape index (κ3) is 8.91. The molecule has 1 rings (SSSR count). The van der Waals surface area contributed by atoms with Gasteiger partial charge in [-0.3, -0.25) is 14.6 Å². The lowest BCUT2D eigenvalue weighted by Gasteiger charge is -2.32. The molecule has 1 unspecified atom stereocenters. The Morgan fingerprint density at radius 3 is 2.14 bits per heavy atom. The number of nitrogens with zero attached hydrogens (tertiary/aromatic N) is 4. The number of amides is 3. The minimum Gasteiger partial charge on any atom is -0.342 e. The van der Waals surface area contributed by atoms with Crippen molar-refractivity contribution < 1.29 is 9.59 Å². The molecule has 0 spiro atoms. The maximum absolute atomic E-state index is 12.8. The second-order valence-electron chi connectivity index (χ2n) is 8.37. The van der Waals surface area contributed by atoms with Crippen LogP contribution in [0.1, 0.15) is 54.4 Å². The topological polar surface area (TPSA) is 59.1 Å². The molecule has 1 aliphatic heterocycles. The minimum atomic E-state index is 0.0304. The quantitative estimate of drug-likeness (QED) is 0.567. The number of nitrogens with one attached hydrogen (secondary N) is 1. The maximum Gasteiger partial charge on any atom is 0.317 e. The molecule has 1 heterocycles. The summed E-state index contributed by atoms with van der Waals surface area (Å²) in [4.78, 5) is 33.6. The van der Waals surface area contributed by atoms with Gasteiger partial charge >= 0.3 is 6.03 Å². The third-order valence-electron chi connectivity index (χ3n) is 5.91. The van der Waals surface area contributed by atoms with Crippen molar-refractivity contribution in [1.82, 2.24) is 24.9 Å². The molecule has 0 aromatic rings. The molecule has 0 aliphatic carbocycles. The first kappa shape index (κ1) is 25.7. The van der Waals surface area contributed by atoms with Gasteiger partial charge in [-0.1, -0.05) is 27.7 Å². The van der Waals surface area contributed by atoms with Gasteiger partial charge in [-0.15, -0.1) is 0 Å². The first-order chi connectivity index (χ1) is 13.9. The van der Waals surface area contributed by atoms with E-state index in [2.05, 4.69) is 42.8 Å². The summed E-state index contributed by atoms with van der Waals surface area (Å²) in [7, 11) is 0. The SMILES string of the molecule is CCN(CC)C(=O)CN1CCCN(C(=O)NCC(CC(C)C)N(CC)CC)CC1. The molecule has 3 amide bonds. The molecule has 1 fully saturated rings. The molecule has 1 atom stereocenters. The number of hydrogen-bond donors (Lipinski definition) is 1. The Hall–Kier alpha value is -1.34. The fourth-order valence-corrected chi connectivity index (χ4v) is 4.16. The molecule has 1 aliphatic rings. The van der Waals surface area contributed by atoms with Crippen molar-refractivity contribution in [3.63, 3.8) is 0 Å². The van der Waals surface area contributed by atoms with Gasteiger partial charge in [0.05, 0.1) is 6.54 Å². The van der Waals surface area contributed by atoms with Gasteiger partial charge in [0.1, 0.15) is 0 Å². The molecule has 0 saturated carbocycles. The summed E-state index contributed by atoms with van der Waals surface area (Å²) < 4.78 is 0. The molecular formula is C22H45N5O2. The van der Waals surface area contributed by atoms with Gasteiger partial charge in [0.2, 0.25) is 5.91 Å². The Bertz CT molecular complexity index is 478. The van der Waals surface area contributed by atoms with E-state index in [1.807, 2.05) is 23.6 Å². The first-order valence-electron chi connectivity index (χ1n) is 11.6. The van der Waals surface area contributed by atoms with Gasteiger partial charge in [-0.25, -0.2) is 4.79 Å². The number of carbonyl (C=O) groups excluding carboxylic acids is 2. The van der Waals surface area contributed by atoms with E-state index in [0.29, 0.717) is 31.6 Å². The van der Waals surface area contributed by atoms with Crippen LogP contribution in [-0.2, 0) is 4.79 Å². The monoisotopic (exact) mass is 411 g/mol. The fraction of sp³-hybridized carbons (Fsp3) is 0.909. The van der Waals surface area contributed by atoms with Gasteiger partial charge in [-0.2, -0.15) is 0 Å². The number of rotatable bonds is 11. The fourth-order valence-electron chi connectivity index (χ4n) is 4.16. The van der Waals surface area contributed by atoms with Gasteiger partial charge in [0.25, 0.3) is 0 Å². The number of carbonyl (C=O) groups is 2. The maximum atomic E-state index is 12.8. The molecular weight excluding hydrogens is 366 g/mol. The van der Waals surface area contributed by atoms with E-state index in [4.69, 9.17) is 0 Å². The predicted molar refractivity (Wildman–Crippen MR) is 120 cm³/mol. The Morgan fingerprint density at radius 2 is 1.59 bits per heavy atom. The van der Waals surface area contributed by atoms with E-state index in [1.54, 1.807) is 0 Å². The zero-order valence-corrected chi connectivity index (χ0v) is 19.7. The summed E-state index contributed by atoms with van der Waals surface area (Å²) in [6.07, 6.45) is 1.99. The molecule has 0 radical (unpaired) electrons. The molecule has 7 heteroatoms. The average molecular weight is 412 g/mol. The van der Waals surface area contributed by atoms with Crippen LogP contribution in [0.5, 0.6) is 0 Å². The normalized spacial score (nSPS) is 16.8. The number of likely N-dealkylation sites (N-methyl/N-ethyl adjacent to an activating group) is 2. The van der Waals surface area contributed by atoms with Crippen molar-refractivity contribution >= 4 is 11.9 Å². The van der Waals surface area contributed by atoms with Crippen molar-refractivity contribution in [3.8, 4) is 0 Å². The van der Waals surface area contributed by atoms with Gasteiger partial charge < -0.3 is 15.1 Å². The molecule has 0 bridgehead atoms. The molecule has 0 aromatic heterocycles. The summed E-state index contributed by atoms with van der Waals surface area (Å²) in [5, 5.41) is 3.18. The predicted octanol–water partition coefficient (Wildman–Crippen LogP) is 2.33. The highest BCUT2D eigenvalue weighted by molar-refractivity contribution is 5.78. The van der Waals surface area contributed by atoms with Crippen LogP contribution in [0.15, 0.2) is 0 Å². The highest BCUT2D eigenvalue weighted by atomic mass is 16.2. The molecule has 170 valence electrons. The standard InChI is InChI=1S/C22H45N5O2/c1-7-25(8-2)20(16-19(5)6)17-23-22(29)27-13-11-12-24(14-15-27)18-21(28)26(9-3)10-4/h19-20H,7-18H2,1-6H3,(H,23,29). The lowest BCUT2D eigenvalue weighted by molar-refractivity contribution is -0.132. The highest BCUT2D eigenvalue weighted by Crippen LogP contribution is 2.11. The van der Waals surface area contributed by atoms with Gasteiger partial charge in [0.15, 0.2) is 0 Å². The Labute approximate surface area is 178 Å². The van der Waals surface area contributed by atoms with Crippen LogP contribution in [0.3, 0.4) is 0 Å². The summed E-state index contributed by atoms with van der Waals surface area (Å²) >= 11 is 0. The molecule has 7 nitrogen and oxygen atoms in total. The molecule has 1 N–H and O–H groups in total. The van der Waals surface area contributed by atoms with Gasteiger partial charge in [0, 0.05) is 51.9 Å². The second kappa shape index (κ2) is 13.8. The Balaban J connectivity index is 2.53. The van der Waals surface area contributed by atoms with E-state index in [-0.39, 0.29) is 11.9 Å². The first-order valence-corrected chi connectivity index (χ1v) is 11.6. The Kier molecular flexibility index (Phi) is 12.2. The zero-order chi connectivity index (χ0) is 21.8. The molecule has 0 aromatic carbocycles. The minimum absolute atomic E-state index is 0.0304. The van der Waals surface area contributed by atoms with E-state index in [1.165, 1.54) is 0 Å². The van der Waals surface area contributed by atoms with Gasteiger partial charge in [-0.05, 0) is 45.7 Å². The van der Waals surface area contributed by atoms with E-state index < -0.39 is 0 Å². The third-order valence-corrected chi connectivity index (χ3v) is 5.91. The lowest BCUT2D eigenvalue weighted by atomic mass is 10.0. The van der Waals surface area contributed by atoms with E-state index in [9.17, 15) is 9.59 Å².